The number of carbonyl (C=O) groups excluding carboxylic acids is 2. The lowest BCUT2D eigenvalue weighted by atomic mass is 9.96. The summed E-state index contributed by atoms with van der Waals surface area (Å²) in [5.41, 5.74) is -0.904. The molecule has 0 saturated carbocycles. The van der Waals surface area contributed by atoms with Crippen molar-refractivity contribution < 1.29 is 19.1 Å². The number of H-pyrrole nitrogens is 2. The summed E-state index contributed by atoms with van der Waals surface area (Å²) >= 11 is 17.5. The maximum atomic E-state index is 12.0. The standard InChI is InChI=1S/C13H19Cl2N3O2.C13H20ClN3O2/c1-13(2,3)20-12(19)18-6-4-8(5-7-18)11-16-9(14)10(15)17-11;1-13(2,3)19-12(18)17-6-4-9(5-7-17)11-15-8-10(14)16-11/h8H,4-7H2,1-3H3,(H,16,17);8-9H,4-7H2,1-3H3,(H,15,16). The van der Waals surface area contributed by atoms with Crippen molar-refractivity contribution in [2.24, 2.45) is 0 Å². The van der Waals surface area contributed by atoms with Gasteiger partial charge in [0.25, 0.3) is 0 Å². The topological polar surface area (TPSA) is 116 Å². The Kier molecular flexibility index (Phi) is 10.5. The Balaban J connectivity index is 0.000000216. The number of aromatic amines is 2. The molecule has 0 bridgehead atoms. The summed E-state index contributed by atoms with van der Waals surface area (Å²) in [5, 5.41) is 1.23. The van der Waals surface area contributed by atoms with Crippen molar-refractivity contribution in [2.45, 2.75) is 90.3 Å². The zero-order valence-corrected chi connectivity index (χ0v) is 25.7. The first-order valence-corrected chi connectivity index (χ1v) is 14.3. The fraction of sp³-hybridized carbons (Fsp3) is 0.692. The van der Waals surface area contributed by atoms with Gasteiger partial charge in [0.15, 0.2) is 5.15 Å². The zero-order chi connectivity index (χ0) is 29.0. The minimum atomic E-state index is -0.462. The van der Waals surface area contributed by atoms with Gasteiger partial charge in [-0.2, -0.15) is 0 Å². The number of rotatable bonds is 2. The van der Waals surface area contributed by atoms with Crippen molar-refractivity contribution in [2.75, 3.05) is 26.2 Å². The first kappa shape index (κ1) is 31.4. The van der Waals surface area contributed by atoms with Crippen LogP contribution >= 0.6 is 34.8 Å². The molecule has 10 nitrogen and oxygen atoms in total. The molecule has 4 heterocycles. The molecule has 2 fully saturated rings. The van der Waals surface area contributed by atoms with Crippen LogP contribution in [0.3, 0.4) is 0 Å². The number of aromatic nitrogens is 4. The number of halogens is 3. The Morgan fingerprint density at radius 3 is 1.56 bits per heavy atom. The lowest BCUT2D eigenvalue weighted by Crippen LogP contribution is -2.41. The van der Waals surface area contributed by atoms with Crippen LogP contribution in [0.5, 0.6) is 0 Å². The number of piperidine rings is 2. The largest absolute Gasteiger partial charge is 0.444 e. The van der Waals surface area contributed by atoms with Gasteiger partial charge in [0.1, 0.15) is 33.2 Å². The Hall–Kier alpha value is -2.17. The third-order valence-electron chi connectivity index (χ3n) is 6.27. The average Bonchev–Trinajstić information content (AvgIpc) is 3.42. The highest BCUT2D eigenvalue weighted by Gasteiger charge is 2.30. The highest BCUT2D eigenvalue weighted by atomic mass is 35.5. The monoisotopic (exact) mass is 604 g/mol. The highest BCUT2D eigenvalue weighted by molar-refractivity contribution is 6.40. The first-order valence-electron chi connectivity index (χ1n) is 13.2. The Labute approximate surface area is 245 Å². The van der Waals surface area contributed by atoms with Crippen LogP contribution in [-0.4, -0.2) is 79.3 Å². The van der Waals surface area contributed by atoms with Crippen molar-refractivity contribution >= 4 is 47.0 Å². The molecule has 2 amide bonds. The van der Waals surface area contributed by atoms with E-state index < -0.39 is 11.2 Å². The minimum Gasteiger partial charge on any atom is -0.444 e. The summed E-state index contributed by atoms with van der Waals surface area (Å²) in [6, 6.07) is 0. The van der Waals surface area contributed by atoms with Crippen LogP contribution < -0.4 is 0 Å². The van der Waals surface area contributed by atoms with Crippen molar-refractivity contribution in [3.05, 3.63) is 33.3 Å². The lowest BCUT2D eigenvalue weighted by Gasteiger charge is -2.32. The summed E-state index contributed by atoms with van der Waals surface area (Å²) in [6.45, 7) is 13.9. The number of nitrogens with zero attached hydrogens (tertiary/aromatic N) is 4. The third kappa shape index (κ3) is 9.76. The smallest absolute Gasteiger partial charge is 0.410 e. The number of imidazole rings is 2. The van der Waals surface area contributed by atoms with Gasteiger partial charge in [-0.05, 0) is 67.2 Å². The summed E-state index contributed by atoms with van der Waals surface area (Å²) in [6.07, 6.45) is 4.53. The van der Waals surface area contributed by atoms with Gasteiger partial charge in [0.05, 0.1) is 6.20 Å². The van der Waals surface area contributed by atoms with Crippen LogP contribution in [0.1, 0.15) is 90.7 Å². The van der Waals surface area contributed by atoms with Crippen LogP contribution in [0.4, 0.5) is 9.59 Å². The molecule has 2 aromatic rings. The average molecular weight is 606 g/mol. The Morgan fingerprint density at radius 1 is 0.795 bits per heavy atom. The molecule has 0 atom stereocenters. The molecule has 4 rings (SSSR count). The quantitative estimate of drug-likeness (QED) is 0.380. The molecule has 2 aromatic heterocycles. The number of hydrogen-bond donors (Lipinski definition) is 2. The van der Waals surface area contributed by atoms with Crippen molar-refractivity contribution in [1.29, 1.82) is 0 Å². The van der Waals surface area contributed by atoms with Crippen LogP contribution in [0.2, 0.25) is 15.5 Å². The van der Waals surface area contributed by atoms with Crippen LogP contribution in [-0.2, 0) is 9.47 Å². The van der Waals surface area contributed by atoms with Gasteiger partial charge in [-0.1, -0.05) is 34.8 Å². The van der Waals surface area contributed by atoms with Gasteiger partial charge < -0.3 is 29.2 Å². The van der Waals surface area contributed by atoms with E-state index in [-0.39, 0.29) is 18.1 Å². The van der Waals surface area contributed by atoms with Crippen molar-refractivity contribution in [1.82, 2.24) is 29.7 Å². The predicted octanol–water partition coefficient (Wildman–Crippen LogP) is 7.01. The van der Waals surface area contributed by atoms with Gasteiger partial charge in [-0.3, -0.25) is 0 Å². The van der Waals surface area contributed by atoms with E-state index in [1.165, 1.54) is 0 Å². The summed E-state index contributed by atoms with van der Waals surface area (Å²) < 4.78 is 10.7. The van der Waals surface area contributed by atoms with Gasteiger partial charge in [-0.15, -0.1) is 0 Å². The van der Waals surface area contributed by atoms with E-state index in [4.69, 9.17) is 44.3 Å². The van der Waals surface area contributed by atoms with E-state index in [2.05, 4.69) is 19.9 Å². The number of carbonyl (C=O) groups is 2. The Bertz CT molecular complexity index is 1090. The maximum absolute atomic E-state index is 12.0. The fourth-order valence-corrected chi connectivity index (χ4v) is 4.81. The zero-order valence-electron chi connectivity index (χ0n) is 23.4. The van der Waals surface area contributed by atoms with Gasteiger partial charge in [0, 0.05) is 38.0 Å². The molecule has 13 heteroatoms. The molecule has 39 heavy (non-hydrogen) atoms. The van der Waals surface area contributed by atoms with Crippen LogP contribution in [0.15, 0.2) is 6.20 Å². The second-order valence-corrected chi connectivity index (χ2v) is 13.0. The predicted molar refractivity (Wildman–Crippen MR) is 152 cm³/mol. The second-order valence-electron chi connectivity index (χ2n) is 11.8. The maximum Gasteiger partial charge on any atom is 0.410 e. The SMILES string of the molecule is CC(C)(C)OC(=O)N1CCC(c2nc(Cl)c(Cl)[nH]2)CC1.CC(C)(C)OC(=O)N1CCC(c2ncc(Cl)[nH]2)CC1. The third-order valence-corrected chi connectivity index (χ3v) is 7.10. The van der Waals surface area contributed by atoms with E-state index in [1.54, 1.807) is 16.0 Å². The molecule has 0 unspecified atom stereocenters. The molecular formula is C26H39Cl3N6O4. The molecule has 0 radical (unpaired) electrons. The van der Waals surface area contributed by atoms with Gasteiger partial charge >= 0.3 is 12.2 Å². The van der Waals surface area contributed by atoms with Crippen molar-refractivity contribution in [3.63, 3.8) is 0 Å². The molecule has 2 saturated heterocycles. The first-order chi connectivity index (χ1) is 18.1. The normalized spacial score (nSPS) is 17.5. The van der Waals surface area contributed by atoms with E-state index in [0.717, 1.165) is 37.3 Å². The number of ether oxygens (including phenoxy) is 2. The number of likely N-dealkylation sites (tertiary alicyclic amines) is 2. The van der Waals surface area contributed by atoms with Crippen LogP contribution in [0.25, 0.3) is 0 Å². The van der Waals surface area contributed by atoms with Crippen molar-refractivity contribution in [3.8, 4) is 0 Å². The van der Waals surface area contributed by atoms with E-state index >= 15 is 0 Å². The van der Waals surface area contributed by atoms with Gasteiger partial charge in [0.2, 0.25) is 0 Å². The van der Waals surface area contributed by atoms with E-state index in [9.17, 15) is 9.59 Å². The highest BCUT2D eigenvalue weighted by Crippen LogP contribution is 2.30. The van der Waals surface area contributed by atoms with Crippen LogP contribution in [0, 0.1) is 0 Å². The van der Waals surface area contributed by atoms with E-state index in [0.29, 0.717) is 47.6 Å². The number of amides is 2. The second kappa shape index (κ2) is 13.0. The number of nitrogens with one attached hydrogen (secondary N) is 2. The molecule has 0 aromatic carbocycles. The minimum absolute atomic E-state index is 0.233. The molecule has 0 spiro atoms. The van der Waals surface area contributed by atoms with E-state index in [1.807, 2.05) is 41.5 Å². The molecule has 2 N–H and O–H groups in total. The number of hydrogen-bond acceptors (Lipinski definition) is 6. The molecule has 218 valence electrons. The summed E-state index contributed by atoms with van der Waals surface area (Å²) in [5.74, 6) is 2.29. The van der Waals surface area contributed by atoms with Gasteiger partial charge in [-0.25, -0.2) is 19.6 Å². The summed E-state index contributed by atoms with van der Waals surface area (Å²) in [7, 11) is 0. The molecule has 2 aliphatic rings. The molecule has 0 aliphatic carbocycles. The lowest BCUT2D eigenvalue weighted by molar-refractivity contribution is 0.0193. The summed E-state index contributed by atoms with van der Waals surface area (Å²) in [4.78, 5) is 41.8. The Morgan fingerprint density at radius 2 is 1.23 bits per heavy atom. The molecule has 2 aliphatic heterocycles. The molecular weight excluding hydrogens is 567 g/mol. The fourth-order valence-electron chi connectivity index (χ4n) is 4.38.